The summed E-state index contributed by atoms with van der Waals surface area (Å²) >= 11 is 0. The Morgan fingerprint density at radius 3 is 2.10 bits per heavy atom. The Morgan fingerprint density at radius 2 is 1.57 bits per heavy atom. The van der Waals surface area contributed by atoms with E-state index >= 15 is 0 Å². The van der Waals surface area contributed by atoms with Gasteiger partial charge in [0.25, 0.3) is 0 Å². The molecule has 6 heteroatoms. The normalized spacial score (nSPS) is 20.6. The minimum Gasteiger partial charge on any atom is -0.339 e. The Hall–Kier alpha value is -1.59. The van der Waals surface area contributed by atoms with E-state index in [0.717, 1.165) is 12.8 Å². The Balaban J connectivity index is 1.75. The number of hydrogen-bond donors (Lipinski definition) is 0. The molecule has 1 saturated heterocycles. The van der Waals surface area contributed by atoms with Gasteiger partial charge in [-0.1, -0.05) is 0 Å². The van der Waals surface area contributed by atoms with Crippen LogP contribution in [0.4, 0.5) is 4.79 Å². The summed E-state index contributed by atoms with van der Waals surface area (Å²) in [6.07, 6.45) is 3.51. The van der Waals surface area contributed by atoms with Crippen LogP contribution in [0.1, 0.15) is 32.1 Å². The fourth-order valence-electron chi connectivity index (χ4n) is 3.01. The number of hydrogen-bond acceptors (Lipinski definition) is 3. The van der Waals surface area contributed by atoms with E-state index in [1.165, 1.54) is 0 Å². The van der Waals surface area contributed by atoms with E-state index in [4.69, 9.17) is 0 Å². The number of rotatable bonds is 2. The van der Waals surface area contributed by atoms with Crippen LogP contribution in [0.5, 0.6) is 0 Å². The summed E-state index contributed by atoms with van der Waals surface area (Å²) < 4.78 is 0. The highest BCUT2D eigenvalue weighted by atomic mass is 16.2. The third-order valence-corrected chi connectivity index (χ3v) is 4.41. The molecule has 1 aliphatic heterocycles. The summed E-state index contributed by atoms with van der Waals surface area (Å²) in [5, 5.41) is 0. The predicted molar refractivity (Wildman–Crippen MR) is 78.8 cm³/mol. The van der Waals surface area contributed by atoms with Crippen molar-refractivity contribution in [3.63, 3.8) is 0 Å². The van der Waals surface area contributed by atoms with Crippen LogP contribution in [-0.4, -0.2) is 72.7 Å². The summed E-state index contributed by atoms with van der Waals surface area (Å²) in [4.78, 5) is 40.5. The van der Waals surface area contributed by atoms with Gasteiger partial charge in [0, 0.05) is 59.5 Å². The van der Waals surface area contributed by atoms with Crippen LogP contribution in [0.3, 0.4) is 0 Å². The number of carbonyl (C=O) groups excluding carboxylic acids is 3. The molecule has 0 unspecified atom stereocenters. The summed E-state index contributed by atoms with van der Waals surface area (Å²) in [5.74, 6) is 0.859. The van der Waals surface area contributed by atoms with Gasteiger partial charge in [0.2, 0.25) is 5.91 Å². The number of amides is 3. The fraction of sp³-hybridized carbons (Fsp3) is 0.800. The molecule has 2 rings (SSSR count). The van der Waals surface area contributed by atoms with Crippen molar-refractivity contribution in [2.45, 2.75) is 32.1 Å². The molecule has 1 heterocycles. The molecule has 118 valence electrons. The highest BCUT2D eigenvalue weighted by Gasteiger charge is 2.27. The molecule has 0 spiro atoms. The van der Waals surface area contributed by atoms with Gasteiger partial charge >= 0.3 is 6.03 Å². The maximum atomic E-state index is 12.3. The number of urea groups is 1. The first-order valence-electron chi connectivity index (χ1n) is 7.73. The lowest BCUT2D eigenvalue weighted by Crippen LogP contribution is -2.53. The average Bonchev–Trinajstić information content (AvgIpc) is 2.49. The summed E-state index contributed by atoms with van der Waals surface area (Å²) in [5.41, 5.74) is 0. The lowest BCUT2D eigenvalue weighted by Gasteiger charge is -2.36. The Morgan fingerprint density at radius 1 is 1.05 bits per heavy atom. The highest BCUT2D eigenvalue weighted by molar-refractivity contribution is 5.80. The zero-order chi connectivity index (χ0) is 15.4. The molecule has 0 N–H and O–H groups in total. The van der Waals surface area contributed by atoms with Crippen molar-refractivity contribution >= 4 is 17.7 Å². The SMILES string of the molecule is CN(C)C(=O)N1CCN(C(=O)CC2CCC(=O)CC2)CC1. The quantitative estimate of drug-likeness (QED) is 0.762. The lowest BCUT2D eigenvalue weighted by molar-refractivity contribution is -0.134. The minimum absolute atomic E-state index is 0.00731. The van der Waals surface area contributed by atoms with Crippen molar-refractivity contribution in [1.82, 2.24) is 14.7 Å². The molecule has 6 nitrogen and oxygen atoms in total. The monoisotopic (exact) mass is 295 g/mol. The van der Waals surface area contributed by atoms with Gasteiger partial charge in [-0.2, -0.15) is 0 Å². The minimum atomic E-state index is 0.00731. The topological polar surface area (TPSA) is 60.9 Å². The van der Waals surface area contributed by atoms with Gasteiger partial charge in [0.15, 0.2) is 0 Å². The van der Waals surface area contributed by atoms with Gasteiger partial charge in [-0.15, -0.1) is 0 Å². The molecule has 0 aromatic heterocycles. The van der Waals surface area contributed by atoms with E-state index in [-0.39, 0.29) is 11.9 Å². The molecule has 0 atom stereocenters. The third-order valence-electron chi connectivity index (χ3n) is 4.41. The van der Waals surface area contributed by atoms with E-state index < -0.39 is 0 Å². The Labute approximate surface area is 126 Å². The largest absolute Gasteiger partial charge is 0.339 e. The van der Waals surface area contributed by atoms with E-state index in [2.05, 4.69) is 0 Å². The zero-order valence-electron chi connectivity index (χ0n) is 13.0. The zero-order valence-corrected chi connectivity index (χ0v) is 13.0. The smallest absolute Gasteiger partial charge is 0.319 e. The first-order chi connectivity index (χ1) is 9.97. The average molecular weight is 295 g/mol. The molecule has 21 heavy (non-hydrogen) atoms. The number of Topliss-reactive ketones (excluding diaryl/α,β-unsaturated/α-hetero) is 1. The van der Waals surface area contributed by atoms with E-state index in [9.17, 15) is 14.4 Å². The van der Waals surface area contributed by atoms with Gasteiger partial charge in [0.1, 0.15) is 5.78 Å². The molecule has 1 saturated carbocycles. The summed E-state index contributed by atoms with van der Waals surface area (Å²) in [7, 11) is 3.48. The van der Waals surface area contributed by atoms with Crippen LogP contribution < -0.4 is 0 Å². The van der Waals surface area contributed by atoms with Gasteiger partial charge < -0.3 is 14.7 Å². The molecule has 0 aromatic rings. The van der Waals surface area contributed by atoms with Crippen molar-refractivity contribution in [2.75, 3.05) is 40.3 Å². The first kappa shape index (κ1) is 15.8. The standard InChI is InChI=1S/C15H25N3O3/c1-16(2)15(21)18-9-7-17(8-10-18)14(20)11-12-3-5-13(19)6-4-12/h12H,3-11H2,1-2H3. The third kappa shape index (κ3) is 4.19. The van der Waals surface area contributed by atoms with E-state index in [1.807, 2.05) is 4.90 Å². The molecule has 3 amide bonds. The summed E-state index contributed by atoms with van der Waals surface area (Å²) in [6, 6.07) is 0.00731. The Kier molecular flexibility index (Phi) is 5.20. The van der Waals surface area contributed by atoms with Gasteiger partial charge in [-0.05, 0) is 18.8 Å². The van der Waals surface area contributed by atoms with Crippen molar-refractivity contribution in [3.05, 3.63) is 0 Å². The van der Waals surface area contributed by atoms with Gasteiger partial charge in [0.05, 0.1) is 0 Å². The Bertz CT molecular complexity index is 404. The van der Waals surface area contributed by atoms with Crippen molar-refractivity contribution < 1.29 is 14.4 Å². The summed E-state index contributed by atoms with van der Waals surface area (Å²) in [6.45, 7) is 2.44. The molecule has 2 aliphatic rings. The number of carbonyl (C=O) groups is 3. The van der Waals surface area contributed by atoms with Gasteiger partial charge in [-0.3, -0.25) is 9.59 Å². The van der Waals surface area contributed by atoms with Crippen LogP contribution in [-0.2, 0) is 9.59 Å². The van der Waals surface area contributed by atoms with Crippen LogP contribution >= 0.6 is 0 Å². The maximum absolute atomic E-state index is 12.3. The molecule has 1 aliphatic carbocycles. The van der Waals surface area contributed by atoms with Crippen LogP contribution in [0.25, 0.3) is 0 Å². The van der Waals surface area contributed by atoms with E-state index in [0.29, 0.717) is 57.1 Å². The van der Waals surface area contributed by atoms with Crippen LogP contribution in [0.2, 0.25) is 0 Å². The number of piperazine rings is 1. The molecule has 2 fully saturated rings. The number of ketones is 1. The number of nitrogens with zero attached hydrogens (tertiary/aromatic N) is 3. The second-order valence-corrected chi connectivity index (χ2v) is 6.23. The van der Waals surface area contributed by atoms with Crippen LogP contribution in [0.15, 0.2) is 0 Å². The predicted octanol–water partition coefficient (Wildman–Crippen LogP) is 0.962. The van der Waals surface area contributed by atoms with Crippen LogP contribution in [0, 0.1) is 5.92 Å². The fourth-order valence-corrected chi connectivity index (χ4v) is 3.01. The second kappa shape index (κ2) is 6.91. The maximum Gasteiger partial charge on any atom is 0.319 e. The van der Waals surface area contributed by atoms with Crippen molar-refractivity contribution in [1.29, 1.82) is 0 Å². The molecule has 0 aromatic carbocycles. The lowest BCUT2D eigenvalue weighted by atomic mass is 9.86. The van der Waals surface area contributed by atoms with Gasteiger partial charge in [-0.25, -0.2) is 4.79 Å². The molecular weight excluding hydrogens is 270 g/mol. The van der Waals surface area contributed by atoms with Crippen molar-refractivity contribution in [3.8, 4) is 0 Å². The molecular formula is C15H25N3O3. The van der Waals surface area contributed by atoms with E-state index in [1.54, 1.807) is 23.9 Å². The second-order valence-electron chi connectivity index (χ2n) is 6.23. The molecule has 0 bridgehead atoms. The highest BCUT2D eigenvalue weighted by Crippen LogP contribution is 2.25. The van der Waals surface area contributed by atoms with Crippen molar-refractivity contribution in [2.24, 2.45) is 5.92 Å². The first-order valence-corrected chi connectivity index (χ1v) is 7.73. The molecule has 0 radical (unpaired) electrons.